The molecule has 0 aliphatic heterocycles. The zero-order valence-electron chi connectivity index (χ0n) is 15.1. The van der Waals surface area contributed by atoms with Gasteiger partial charge in [-0.05, 0) is 35.2 Å². The third kappa shape index (κ3) is 4.48. The molecule has 0 bridgehead atoms. The molecule has 0 unspecified atom stereocenters. The maximum absolute atomic E-state index is 12.5. The van der Waals surface area contributed by atoms with Crippen LogP contribution in [0.3, 0.4) is 0 Å². The molecule has 0 radical (unpaired) electrons. The number of benzene rings is 2. The molecular weight excluding hydrogens is 322 g/mol. The molecule has 3 aromatic rings. The molecule has 4 heteroatoms. The first-order valence-electron chi connectivity index (χ1n) is 8.77. The van der Waals surface area contributed by atoms with E-state index >= 15 is 0 Å². The molecule has 0 aliphatic carbocycles. The van der Waals surface area contributed by atoms with Gasteiger partial charge in [-0.15, -0.1) is 0 Å². The van der Waals surface area contributed by atoms with E-state index in [1.807, 2.05) is 48.5 Å². The molecule has 2 N–H and O–H groups in total. The van der Waals surface area contributed by atoms with Crippen molar-refractivity contribution in [3.63, 3.8) is 0 Å². The number of hydrogen-bond acceptors (Lipinski definition) is 3. The zero-order chi connectivity index (χ0) is 18.4. The van der Waals surface area contributed by atoms with Crippen LogP contribution in [0.5, 0.6) is 0 Å². The van der Waals surface area contributed by atoms with Gasteiger partial charge in [0, 0.05) is 12.2 Å². The second-order valence-corrected chi connectivity index (χ2v) is 6.47. The Labute approximate surface area is 154 Å². The van der Waals surface area contributed by atoms with E-state index in [9.17, 15) is 4.79 Å². The first kappa shape index (κ1) is 17.7. The smallest absolute Gasteiger partial charge is 0.274 e. The van der Waals surface area contributed by atoms with Gasteiger partial charge in [0.15, 0.2) is 0 Å². The molecule has 4 nitrogen and oxygen atoms in total. The fourth-order valence-corrected chi connectivity index (χ4v) is 2.73. The third-order valence-corrected chi connectivity index (χ3v) is 4.17. The van der Waals surface area contributed by atoms with Gasteiger partial charge in [-0.3, -0.25) is 4.79 Å². The lowest BCUT2D eigenvalue weighted by Gasteiger charge is -2.13. The van der Waals surface area contributed by atoms with Gasteiger partial charge < -0.3 is 10.6 Å². The number of carbonyl (C=O) groups excluding carboxylic acids is 1. The van der Waals surface area contributed by atoms with Crippen LogP contribution >= 0.6 is 0 Å². The minimum atomic E-state index is -0.201. The van der Waals surface area contributed by atoms with Crippen molar-refractivity contribution in [2.24, 2.45) is 0 Å². The van der Waals surface area contributed by atoms with Crippen LogP contribution in [-0.2, 0) is 6.54 Å². The number of hydrogen-bond donors (Lipinski definition) is 2. The fourth-order valence-electron chi connectivity index (χ4n) is 2.73. The Bertz CT molecular complexity index is 858. The lowest BCUT2D eigenvalue weighted by molar-refractivity contribution is 0.102. The molecule has 0 spiro atoms. The molecule has 1 aromatic heterocycles. The molecule has 1 amide bonds. The van der Waals surface area contributed by atoms with E-state index in [0.29, 0.717) is 11.6 Å². The lowest BCUT2D eigenvalue weighted by atomic mass is 10.0. The average molecular weight is 345 g/mol. The highest BCUT2D eigenvalue weighted by Gasteiger charge is 2.11. The molecule has 26 heavy (non-hydrogen) atoms. The quantitative estimate of drug-likeness (QED) is 0.656. The van der Waals surface area contributed by atoms with Crippen molar-refractivity contribution in [3.8, 4) is 0 Å². The number of para-hydroxylation sites is 1. The van der Waals surface area contributed by atoms with E-state index in [-0.39, 0.29) is 5.91 Å². The zero-order valence-corrected chi connectivity index (χ0v) is 15.1. The maximum Gasteiger partial charge on any atom is 0.274 e. The van der Waals surface area contributed by atoms with Gasteiger partial charge in [0.25, 0.3) is 5.91 Å². The van der Waals surface area contributed by atoms with Crippen molar-refractivity contribution >= 4 is 17.3 Å². The van der Waals surface area contributed by atoms with Crippen LogP contribution in [0.2, 0.25) is 0 Å². The Balaban J connectivity index is 1.64. The third-order valence-electron chi connectivity index (χ3n) is 4.17. The molecule has 3 rings (SSSR count). The Morgan fingerprint density at radius 1 is 0.962 bits per heavy atom. The molecule has 0 aliphatic rings. The molecule has 0 saturated carbocycles. The topological polar surface area (TPSA) is 54.0 Å². The largest absolute Gasteiger partial charge is 0.380 e. The molecule has 0 saturated heterocycles. The standard InChI is InChI=1S/C22H23N3O/c1-16(2)19-10-6-7-11-20(19)25-22(26)21-13-12-18(15-24-21)23-14-17-8-4-3-5-9-17/h3-13,15-16,23H,14H2,1-2H3,(H,25,26). The first-order valence-corrected chi connectivity index (χ1v) is 8.77. The van der Waals surface area contributed by atoms with Crippen LogP contribution in [0.4, 0.5) is 11.4 Å². The Morgan fingerprint density at radius 2 is 1.69 bits per heavy atom. The fraction of sp³-hybridized carbons (Fsp3) is 0.182. The second kappa shape index (κ2) is 8.30. The summed E-state index contributed by atoms with van der Waals surface area (Å²) in [5.74, 6) is 0.136. The van der Waals surface area contributed by atoms with E-state index in [1.54, 1.807) is 12.3 Å². The van der Waals surface area contributed by atoms with E-state index in [1.165, 1.54) is 5.56 Å². The van der Waals surface area contributed by atoms with E-state index < -0.39 is 0 Å². The minimum absolute atomic E-state index is 0.201. The summed E-state index contributed by atoms with van der Waals surface area (Å²) in [6.45, 7) is 4.93. The van der Waals surface area contributed by atoms with Gasteiger partial charge in [0.05, 0.1) is 11.9 Å². The number of aromatic nitrogens is 1. The van der Waals surface area contributed by atoms with Gasteiger partial charge in [-0.2, -0.15) is 0 Å². The summed E-state index contributed by atoms with van der Waals surface area (Å²) in [4.78, 5) is 16.8. The summed E-state index contributed by atoms with van der Waals surface area (Å²) in [6.07, 6.45) is 1.69. The number of nitrogens with zero attached hydrogens (tertiary/aromatic N) is 1. The summed E-state index contributed by atoms with van der Waals surface area (Å²) >= 11 is 0. The van der Waals surface area contributed by atoms with Crippen LogP contribution in [0.25, 0.3) is 0 Å². The maximum atomic E-state index is 12.5. The average Bonchev–Trinajstić information content (AvgIpc) is 2.68. The summed E-state index contributed by atoms with van der Waals surface area (Å²) in [6, 6.07) is 21.6. The summed E-state index contributed by atoms with van der Waals surface area (Å²) in [5, 5.41) is 6.27. The van der Waals surface area contributed by atoms with Crippen molar-refractivity contribution < 1.29 is 4.79 Å². The molecule has 132 valence electrons. The van der Waals surface area contributed by atoms with Crippen LogP contribution < -0.4 is 10.6 Å². The molecular formula is C22H23N3O. The SMILES string of the molecule is CC(C)c1ccccc1NC(=O)c1ccc(NCc2ccccc2)cn1. The van der Waals surface area contributed by atoms with Gasteiger partial charge in [-0.1, -0.05) is 62.4 Å². The summed E-state index contributed by atoms with van der Waals surface area (Å²) < 4.78 is 0. The van der Waals surface area contributed by atoms with Crippen LogP contribution in [0.1, 0.15) is 41.4 Å². The summed E-state index contributed by atoms with van der Waals surface area (Å²) in [7, 11) is 0. The van der Waals surface area contributed by atoms with Gasteiger partial charge in [0.2, 0.25) is 0 Å². The number of pyridine rings is 1. The number of rotatable bonds is 6. The highest BCUT2D eigenvalue weighted by Crippen LogP contribution is 2.24. The Kier molecular flexibility index (Phi) is 5.64. The number of amides is 1. The van der Waals surface area contributed by atoms with Crippen molar-refractivity contribution in [1.82, 2.24) is 4.98 Å². The Hall–Kier alpha value is -3.14. The second-order valence-electron chi connectivity index (χ2n) is 6.47. The highest BCUT2D eigenvalue weighted by atomic mass is 16.1. The first-order chi connectivity index (χ1) is 12.6. The normalized spacial score (nSPS) is 10.6. The molecule has 0 atom stereocenters. The van der Waals surface area contributed by atoms with Crippen molar-refractivity contribution in [2.45, 2.75) is 26.3 Å². The Morgan fingerprint density at radius 3 is 2.38 bits per heavy atom. The summed E-state index contributed by atoms with van der Waals surface area (Å²) in [5.41, 5.74) is 4.42. The highest BCUT2D eigenvalue weighted by molar-refractivity contribution is 6.03. The number of carbonyl (C=O) groups is 1. The van der Waals surface area contributed by atoms with Crippen LogP contribution in [0, 0.1) is 0 Å². The lowest BCUT2D eigenvalue weighted by Crippen LogP contribution is -2.15. The van der Waals surface area contributed by atoms with Gasteiger partial charge in [0.1, 0.15) is 5.69 Å². The minimum Gasteiger partial charge on any atom is -0.380 e. The van der Waals surface area contributed by atoms with Crippen LogP contribution in [0.15, 0.2) is 72.9 Å². The number of anilines is 2. The van der Waals surface area contributed by atoms with Crippen molar-refractivity contribution in [3.05, 3.63) is 89.7 Å². The van der Waals surface area contributed by atoms with Gasteiger partial charge in [-0.25, -0.2) is 4.98 Å². The predicted molar refractivity (Wildman–Crippen MR) is 106 cm³/mol. The van der Waals surface area contributed by atoms with Crippen molar-refractivity contribution in [2.75, 3.05) is 10.6 Å². The van der Waals surface area contributed by atoms with E-state index in [0.717, 1.165) is 23.5 Å². The van der Waals surface area contributed by atoms with Crippen LogP contribution in [-0.4, -0.2) is 10.9 Å². The van der Waals surface area contributed by atoms with Gasteiger partial charge >= 0.3 is 0 Å². The molecule has 1 heterocycles. The number of nitrogens with one attached hydrogen (secondary N) is 2. The molecule has 0 fully saturated rings. The predicted octanol–water partition coefficient (Wildman–Crippen LogP) is 5.07. The monoisotopic (exact) mass is 345 g/mol. The molecule has 2 aromatic carbocycles. The van der Waals surface area contributed by atoms with E-state index in [4.69, 9.17) is 0 Å². The van der Waals surface area contributed by atoms with E-state index in [2.05, 4.69) is 41.6 Å². The van der Waals surface area contributed by atoms with Crippen molar-refractivity contribution in [1.29, 1.82) is 0 Å².